The summed E-state index contributed by atoms with van der Waals surface area (Å²) in [6.07, 6.45) is 9.31. The molecule has 4 nitrogen and oxygen atoms in total. The van der Waals surface area contributed by atoms with Gasteiger partial charge < -0.3 is 9.47 Å². The smallest absolute Gasteiger partial charge is 0.306 e. The number of rotatable bonds is 14. The van der Waals surface area contributed by atoms with Gasteiger partial charge in [-0.05, 0) is 18.8 Å². The summed E-state index contributed by atoms with van der Waals surface area (Å²) in [5.41, 5.74) is 0. The molecule has 0 bridgehead atoms. The van der Waals surface area contributed by atoms with Gasteiger partial charge >= 0.3 is 11.9 Å². The highest BCUT2D eigenvalue weighted by Gasteiger charge is 2.17. The molecule has 0 saturated carbocycles. The van der Waals surface area contributed by atoms with Gasteiger partial charge in [-0.1, -0.05) is 66.2 Å². The molecule has 0 aromatic carbocycles. The molecule has 0 fully saturated rings. The molecule has 0 N–H and O–H groups in total. The average Bonchev–Trinajstić information content (AvgIpc) is 2.52. The number of carbonyl (C=O) groups excluding carboxylic acids is 2. The Morgan fingerprint density at radius 1 is 0.826 bits per heavy atom. The van der Waals surface area contributed by atoms with E-state index in [2.05, 4.69) is 6.92 Å². The third-order valence-electron chi connectivity index (χ3n) is 3.97. The largest absolute Gasteiger partial charge is 0.466 e. The lowest BCUT2D eigenvalue weighted by Gasteiger charge is -2.19. The molecule has 0 spiro atoms. The van der Waals surface area contributed by atoms with E-state index in [9.17, 15) is 9.59 Å². The van der Waals surface area contributed by atoms with Gasteiger partial charge in [-0.2, -0.15) is 0 Å². The van der Waals surface area contributed by atoms with Crippen molar-refractivity contribution in [2.24, 2.45) is 5.92 Å². The van der Waals surface area contributed by atoms with E-state index in [1.807, 2.05) is 20.8 Å². The van der Waals surface area contributed by atoms with Crippen LogP contribution < -0.4 is 0 Å². The van der Waals surface area contributed by atoms with E-state index in [4.69, 9.17) is 9.47 Å². The van der Waals surface area contributed by atoms with Crippen LogP contribution in [0.25, 0.3) is 0 Å². The first kappa shape index (κ1) is 21.9. The first-order chi connectivity index (χ1) is 11.0. The molecule has 23 heavy (non-hydrogen) atoms. The molecule has 4 heteroatoms. The summed E-state index contributed by atoms with van der Waals surface area (Å²) >= 11 is 0. The number of hydrogen-bond acceptors (Lipinski definition) is 4. The van der Waals surface area contributed by atoms with Gasteiger partial charge in [0.1, 0.15) is 6.10 Å². The Bertz CT molecular complexity index is 312. The molecule has 0 heterocycles. The first-order valence-corrected chi connectivity index (χ1v) is 9.36. The fraction of sp³-hybridized carbons (Fsp3) is 0.895. The number of unbranched alkanes of at least 4 members (excludes halogenated alkanes) is 6. The fourth-order valence-electron chi connectivity index (χ4n) is 2.44. The molecule has 0 radical (unpaired) electrons. The van der Waals surface area contributed by atoms with Crippen molar-refractivity contribution in [1.29, 1.82) is 0 Å². The maximum Gasteiger partial charge on any atom is 0.306 e. The molecule has 1 atom stereocenters. The first-order valence-electron chi connectivity index (χ1n) is 9.36. The Kier molecular flexibility index (Phi) is 13.9. The van der Waals surface area contributed by atoms with E-state index in [-0.39, 0.29) is 30.9 Å². The van der Waals surface area contributed by atoms with Crippen LogP contribution >= 0.6 is 0 Å². The summed E-state index contributed by atoms with van der Waals surface area (Å²) in [6.45, 7) is 8.72. The van der Waals surface area contributed by atoms with Crippen molar-refractivity contribution in [2.75, 3.05) is 6.61 Å². The van der Waals surface area contributed by atoms with Crippen LogP contribution in [0.15, 0.2) is 0 Å². The monoisotopic (exact) mass is 328 g/mol. The Balaban J connectivity index is 3.58. The minimum absolute atomic E-state index is 0.0637. The molecular formula is C19H36O4. The number of ether oxygens (including phenoxy) is 2. The van der Waals surface area contributed by atoms with E-state index in [0.717, 1.165) is 19.3 Å². The normalized spacial score (nSPS) is 12.2. The molecule has 0 aliphatic carbocycles. The van der Waals surface area contributed by atoms with Gasteiger partial charge in [-0.15, -0.1) is 0 Å². The van der Waals surface area contributed by atoms with E-state index in [0.29, 0.717) is 12.5 Å². The highest BCUT2D eigenvalue weighted by Crippen LogP contribution is 2.12. The van der Waals surface area contributed by atoms with Crippen LogP contribution in [-0.2, 0) is 19.1 Å². The maximum absolute atomic E-state index is 11.7. The zero-order valence-electron chi connectivity index (χ0n) is 15.6. The quantitative estimate of drug-likeness (QED) is 0.331. The van der Waals surface area contributed by atoms with Crippen molar-refractivity contribution in [1.82, 2.24) is 0 Å². The fourth-order valence-corrected chi connectivity index (χ4v) is 2.44. The van der Waals surface area contributed by atoms with Gasteiger partial charge in [0.25, 0.3) is 0 Å². The number of carbonyl (C=O) groups is 2. The van der Waals surface area contributed by atoms with Gasteiger partial charge in [-0.3, -0.25) is 9.59 Å². The van der Waals surface area contributed by atoms with Crippen molar-refractivity contribution >= 4 is 11.9 Å². The molecule has 0 aromatic heterocycles. The Morgan fingerprint density at radius 3 is 1.96 bits per heavy atom. The van der Waals surface area contributed by atoms with Gasteiger partial charge in [0.2, 0.25) is 0 Å². The van der Waals surface area contributed by atoms with E-state index in [1.165, 1.54) is 32.1 Å². The van der Waals surface area contributed by atoms with Crippen LogP contribution in [-0.4, -0.2) is 24.6 Å². The highest BCUT2D eigenvalue weighted by molar-refractivity contribution is 5.77. The van der Waals surface area contributed by atoms with Crippen molar-refractivity contribution in [3.8, 4) is 0 Å². The SMILES string of the molecule is CCCCCCCCCOC(=O)CCC(=O)OC(CC)C(C)C. The summed E-state index contributed by atoms with van der Waals surface area (Å²) in [7, 11) is 0. The molecule has 0 rings (SSSR count). The summed E-state index contributed by atoms with van der Waals surface area (Å²) in [4.78, 5) is 23.3. The molecular weight excluding hydrogens is 292 g/mol. The predicted molar refractivity (Wildman–Crippen MR) is 93.2 cm³/mol. The van der Waals surface area contributed by atoms with Crippen LogP contribution in [0.2, 0.25) is 0 Å². The zero-order chi connectivity index (χ0) is 17.5. The molecule has 0 amide bonds. The summed E-state index contributed by atoms with van der Waals surface area (Å²) in [6, 6.07) is 0. The third kappa shape index (κ3) is 13.1. The minimum Gasteiger partial charge on any atom is -0.466 e. The Morgan fingerprint density at radius 2 is 1.39 bits per heavy atom. The molecule has 136 valence electrons. The van der Waals surface area contributed by atoms with Crippen LogP contribution in [0.4, 0.5) is 0 Å². The van der Waals surface area contributed by atoms with Crippen molar-refractivity contribution < 1.29 is 19.1 Å². The van der Waals surface area contributed by atoms with Crippen LogP contribution in [0.3, 0.4) is 0 Å². The standard InChI is InChI=1S/C19H36O4/c1-5-7-8-9-10-11-12-15-22-18(20)13-14-19(21)23-17(6-2)16(3)4/h16-17H,5-15H2,1-4H3. The predicted octanol–water partition coefficient (Wildman–Crippen LogP) is 5.04. The van der Waals surface area contributed by atoms with Crippen LogP contribution in [0, 0.1) is 5.92 Å². The zero-order valence-corrected chi connectivity index (χ0v) is 15.6. The number of hydrogen-bond donors (Lipinski definition) is 0. The van der Waals surface area contributed by atoms with E-state index < -0.39 is 0 Å². The highest BCUT2D eigenvalue weighted by atomic mass is 16.5. The second-order valence-electron chi connectivity index (χ2n) is 6.52. The van der Waals surface area contributed by atoms with Gasteiger partial charge in [0.05, 0.1) is 19.4 Å². The molecule has 0 saturated heterocycles. The average molecular weight is 328 g/mol. The Hall–Kier alpha value is -1.06. The van der Waals surface area contributed by atoms with E-state index in [1.54, 1.807) is 0 Å². The number of esters is 2. The summed E-state index contributed by atoms with van der Waals surface area (Å²) in [5.74, 6) is -0.308. The lowest BCUT2D eigenvalue weighted by molar-refractivity contribution is -0.155. The lowest BCUT2D eigenvalue weighted by atomic mass is 10.1. The van der Waals surface area contributed by atoms with Gasteiger partial charge in [0.15, 0.2) is 0 Å². The van der Waals surface area contributed by atoms with Gasteiger partial charge in [0, 0.05) is 0 Å². The lowest BCUT2D eigenvalue weighted by Crippen LogP contribution is -2.23. The Labute approximate surface area is 142 Å². The summed E-state index contributed by atoms with van der Waals surface area (Å²) < 4.78 is 10.5. The van der Waals surface area contributed by atoms with Crippen LogP contribution in [0.5, 0.6) is 0 Å². The molecule has 0 aliphatic heterocycles. The molecule has 0 aromatic rings. The summed E-state index contributed by atoms with van der Waals surface area (Å²) in [5, 5.41) is 0. The topological polar surface area (TPSA) is 52.6 Å². The van der Waals surface area contributed by atoms with E-state index >= 15 is 0 Å². The molecule has 0 aliphatic rings. The molecule has 1 unspecified atom stereocenters. The third-order valence-corrected chi connectivity index (χ3v) is 3.97. The van der Waals surface area contributed by atoms with Crippen molar-refractivity contribution in [3.63, 3.8) is 0 Å². The van der Waals surface area contributed by atoms with Gasteiger partial charge in [-0.25, -0.2) is 0 Å². The van der Waals surface area contributed by atoms with Crippen molar-refractivity contribution in [3.05, 3.63) is 0 Å². The second kappa shape index (κ2) is 14.5. The second-order valence-corrected chi connectivity index (χ2v) is 6.52. The van der Waals surface area contributed by atoms with Crippen molar-refractivity contribution in [2.45, 2.75) is 98.0 Å². The van der Waals surface area contributed by atoms with Crippen LogP contribution in [0.1, 0.15) is 91.9 Å². The minimum atomic E-state index is -0.307. The maximum atomic E-state index is 11.7.